The van der Waals surface area contributed by atoms with Gasteiger partial charge >= 0.3 is 0 Å². The van der Waals surface area contributed by atoms with Gasteiger partial charge < -0.3 is 10.1 Å². The number of aromatic nitrogens is 1. The fraction of sp³-hybridized carbons (Fsp3) is 0.700. The Bertz CT molecular complexity index is 250. The Hall–Kier alpha value is -0.450. The number of thiazole rings is 1. The van der Waals surface area contributed by atoms with Gasteiger partial charge in [-0.05, 0) is 26.3 Å². The zero-order valence-electron chi connectivity index (χ0n) is 8.88. The van der Waals surface area contributed by atoms with Crippen molar-refractivity contribution in [1.29, 1.82) is 0 Å². The topological polar surface area (TPSA) is 34.1 Å². The molecule has 0 radical (unpaired) electrons. The Morgan fingerprint density at radius 2 is 2.36 bits per heavy atom. The number of rotatable bonds is 7. The van der Waals surface area contributed by atoms with E-state index in [1.54, 1.807) is 18.4 Å². The molecule has 0 aliphatic carbocycles. The second-order valence-electron chi connectivity index (χ2n) is 3.23. The summed E-state index contributed by atoms with van der Waals surface area (Å²) in [6, 6.07) is 0. The number of nitrogens with one attached hydrogen (secondary N) is 1. The number of aryl methyl sites for hydroxylation is 1. The molecule has 0 amide bonds. The summed E-state index contributed by atoms with van der Waals surface area (Å²) >= 11 is 1.71. The van der Waals surface area contributed by atoms with E-state index in [4.69, 9.17) is 4.74 Å². The van der Waals surface area contributed by atoms with Crippen LogP contribution in [-0.2, 0) is 11.3 Å². The van der Waals surface area contributed by atoms with E-state index in [0.717, 1.165) is 43.2 Å². The predicted octanol–water partition coefficient (Wildman–Crippen LogP) is 1.97. The minimum absolute atomic E-state index is 0.859. The summed E-state index contributed by atoms with van der Waals surface area (Å²) in [5.74, 6) is 0. The number of hydrogen-bond donors (Lipinski definition) is 1. The lowest BCUT2D eigenvalue weighted by Crippen LogP contribution is -2.15. The van der Waals surface area contributed by atoms with E-state index in [-0.39, 0.29) is 0 Å². The highest BCUT2D eigenvalue weighted by Crippen LogP contribution is 2.07. The molecule has 1 N–H and O–H groups in total. The average molecular weight is 214 g/mol. The van der Waals surface area contributed by atoms with E-state index in [1.807, 2.05) is 6.92 Å². The van der Waals surface area contributed by atoms with Crippen molar-refractivity contribution >= 4 is 11.3 Å². The zero-order chi connectivity index (χ0) is 10.2. The quantitative estimate of drug-likeness (QED) is 0.705. The van der Waals surface area contributed by atoms with E-state index in [0.29, 0.717) is 0 Å². The second kappa shape index (κ2) is 6.92. The number of hydrogen-bond acceptors (Lipinski definition) is 4. The van der Waals surface area contributed by atoms with Gasteiger partial charge in [-0.15, -0.1) is 11.3 Å². The van der Waals surface area contributed by atoms with Crippen molar-refractivity contribution in [3.63, 3.8) is 0 Å². The van der Waals surface area contributed by atoms with Gasteiger partial charge in [0.05, 0.1) is 10.7 Å². The Balaban J connectivity index is 1.99. The molecule has 4 heteroatoms. The molecule has 0 unspecified atom stereocenters. The van der Waals surface area contributed by atoms with Crippen LogP contribution in [0.2, 0.25) is 0 Å². The Morgan fingerprint density at radius 1 is 1.50 bits per heavy atom. The van der Waals surface area contributed by atoms with Crippen LogP contribution in [0.15, 0.2) is 5.38 Å². The summed E-state index contributed by atoms with van der Waals surface area (Å²) in [7, 11) is 1.74. The van der Waals surface area contributed by atoms with Crippen LogP contribution < -0.4 is 5.32 Å². The molecule has 0 atom stereocenters. The predicted molar refractivity (Wildman–Crippen MR) is 59.7 cm³/mol. The molecule has 0 aliphatic rings. The number of methoxy groups -OCH3 is 1. The number of unbranched alkanes of at least 4 members (excludes halogenated alkanes) is 1. The van der Waals surface area contributed by atoms with E-state index in [2.05, 4.69) is 15.7 Å². The van der Waals surface area contributed by atoms with Crippen molar-refractivity contribution in [2.75, 3.05) is 20.3 Å². The molecule has 0 bridgehead atoms. The Kier molecular flexibility index (Phi) is 5.75. The first-order chi connectivity index (χ1) is 6.83. The summed E-state index contributed by atoms with van der Waals surface area (Å²) < 4.78 is 4.97. The van der Waals surface area contributed by atoms with E-state index < -0.39 is 0 Å². The van der Waals surface area contributed by atoms with Gasteiger partial charge in [-0.2, -0.15) is 0 Å². The maximum atomic E-state index is 4.97. The monoisotopic (exact) mass is 214 g/mol. The lowest BCUT2D eigenvalue weighted by atomic mass is 10.3. The molecular weight excluding hydrogens is 196 g/mol. The van der Waals surface area contributed by atoms with Crippen molar-refractivity contribution in [3.8, 4) is 0 Å². The molecule has 1 aromatic rings. The summed E-state index contributed by atoms with van der Waals surface area (Å²) in [5.41, 5.74) is 1.15. The summed E-state index contributed by atoms with van der Waals surface area (Å²) in [6.45, 7) is 4.82. The van der Waals surface area contributed by atoms with Gasteiger partial charge in [0.25, 0.3) is 0 Å². The lowest BCUT2D eigenvalue weighted by molar-refractivity contribution is 0.192. The van der Waals surface area contributed by atoms with Crippen LogP contribution in [0.5, 0.6) is 0 Å². The second-order valence-corrected chi connectivity index (χ2v) is 4.30. The summed E-state index contributed by atoms with van der Waals surface area (Å²) in [5, 5.41) is 6.61. The standard InChI is InChI=1S/C10H18N2OS/c1-9-12-10(8-14-9)7-11-5-3-4-6-13-2/h8,11H,3-7H2,1-2H3. The maximum absolute atomic E-state index is 4.97. The van der Waals surface area contributed by atoms with Gasteiger partial charge in [0, 0.05) is 25.6 Å². The normalized spacial score (nSPS) is 10.7. The van der Waals surface area contributed by atoms with Crippen molar-refractivity contribution in [2.24, 2.45) is 0 Å². The highest BCUT2D eigenvalue weighted by molar-refractivity contribution is 7.09. The van der Waals surface area contributed by atoms with E-state index in [1.165, 1.54) is 0 Å². The van der Waals surface area contributed by atoms with Gasteiger partial charge in [0.15, 0.2) is 0 Å². The SMILES string of the molecule is COCCCCNCc1csc(C)n1. The van der Waals surface area contributed by atoms with Crippen LogP contribution in [-0.4, -0.2) is 25.2 Å². The first-order valence-electron chi connectivity index (χ1n) is 4.93. The third kappa shape index (κ3) is 4.69. The van der Waals surface area contributed by atoms with Crippen LogP contribution in [0.1, 0.15) is 23.5 Å². The van der Waals surface area contributed by atoms with Crippen molar-refractivity contribution in [2.45, 2.75) is 26.3 Å². The zero-order valence-corrected chi connectivity index (χ0v) is 9.69. The fourth-order valence-electron chi connectivity index (χ4n) is 1.20. The number of ether oxygens (including phenoxy) is 1. The van der Waals surface area contributed by atoms with Gasteiger partial charge in [0.1, 0.15) is 0 Å². The Labute approximate surface area is 89.5 Å². The van der Waals surface area contributed by atoms with Gasteiger partial charge in [-0.3, -0.25) is 0 Å². The minimum Gasteiger partial charge on any atom is -0.385 e. The van der Waals surface area contributed by atoms with Gasteiger partial charge in [-0.25, -0.2) is 4.98 Å². The van der Waals surface area contributed by atoms with E-state index in [9.17, 15) is 0 Å². The Morgan fingerprint density at radius 3 is 3.00 bits per heavy atom. The third-order valence-electron chi connectivity index (χ3n) is 1.92. The van der Waals surface area contributed by atoms with E-state index >= 15 is 0 Å². The van der Waals surface area contributed by atoms with Gasteiger partial charge in [0.2, 0.25) is 0 Å². The fourth-order valence-corrected chi connectivity index (χ4v) is 1.81. The van der Waals surface area contributed by atoms with Crippen molar-refractivity contribution in [1.82, 2.24) is 10.3 Å². The van der Waals surface area contributed by atoms with Crippen molar-refractivity contribution in [3.05, 3.63) is 16.1 Å². The highest BCUT2D eigenvalue weighted by atomic mass is 32.1. The summed E-state index contributed by atoms with van der Waals surface area (Å²) in [6.07, 6.45) is 2.29. The van der Waals surface area contributed by atoms with Crippen LogP contribution in [0.25, 0.3) is 0 Å². The van der Waals surface area contributed by atoms with Crippen LogP contribution in [0.3, 0.4) is 0 Å². The van der Waals surface area contributed by atoms with Crippen molar-refractivity contribution < 1.29 is 4.74 Å². The first kappa shape index (κ1) is 11.6. The smallest absolute Gasteiger partial charge is 0.0897 e. The lowest BCUT2D eigenvalue weighted by Gasteiger charge is -2.01. The molecule has 3 nitrogen and oxygen atoms in total. The molecule has 0 aromatic carbocycles. The largest absolute Gasteiger partial charge is 0.385 e. The molecule has 0 fully saturated rings. The molecule has 0 saturated heterocycles. The van der Waals surface area contributed by atoms with Gasteiger partial charge in [-0.1, -0.05) is 0 Å². The third-order valence-corrected chi connectivity index (χ3v) is 2.75. The average Bonchev–Trinajstić information content (AvgIpc) is 2.58. The molecule has 14 heavy (non-hydrogen) atoms. The minimum atomic E-state index is 0.859. The van der Waals surface area contributed by atoms with Crippen LogP contribution in [0.4, 0.5) is 0 Å². The molecule has 0 aliphatic heterocycles. The first-order valence-corrected chi connectivity index (χ1v) is 5.81. The molecule has 80 valence electrons. The molecular formula is C10H18N2OS. The number of nitrogens with zero attached hydrogens (tertiary/aromatic N) is 1. The van der Waals surface area contributed by atoms with Crippen LogP contribution >= 0.6 is 11.3 Å². The molecule has 1 aromatic heterocycles. The molecule has 0 spiro atoms. The molecule has 0 saturated carbocycles. The summed E-state index contributed by atoms with van der Waals surface area (Å²) in [4.78, 5) is 4.38. The highest BCUT2D eigenvalue weighted by Gasteiger charge is 1.96. The van der Waals surface area contributed by atoms with Crippen LogP contribution in [0, 0.1) is 6.92 Å². The molecule has 1 heterocycles. The molecule has 1 rings (SSSR count). The maximum Gasteiger partial charge on any atom is 0.0897 e.